The molecule has 3 aromatic carbocycles. The maximum absolute atomic E-state index is 13.2. The lowest BCUT2D eigenvalue weighted by Crippen LogP contribution is -2.76. The molecule has 0 radical (unpaired) electrons. The van der Waals surface area contributed by atoms with Crippen LogP contribution in [0.15, 0.2) is 66.7 Å². The van der Waals surface area contributed by atoms with Crippen molar-refractivity contribution in [1.82, 2.24) is 4.90 Å². The van der Waals surface area contributed by atoms with E-state index in [1.165, 1.54) is 0 Å². The summed E-state index contributed by atoms with van der Waals surface area (Å²) in [6.07, 6.45) is -0.0151. The number of fused-ring (bicyclic) bond motifs is 3. The van der Waals surface area contributed by atoms with Crippen LogP contribution >= 0.6 is 0 Å². The van der Waals surface area contributed by atoms with Crippen LogP contribution in [0.3, 0.4) is 0 Å². The molecule has 0 bridgehead atoms. The molecule has 1 saturated heterocycles. The quantitative estimate of drug-likeness (QED) is 0.644. The summed E-state index contributed by atoms with van der Waals surface area (Å²) >= 11 is 0. The molecule has 0 aromatic heterocycles. The van der Waals surface area contributed by atoms with Crippen molar-refractivity contribution < 1.29 is 24.1 Å². The molecule has 2 atom stereocenters. The van der Waals surface area contributed by atoms with E-state index >= 15 is 0 Å². The van der Waals surface area contributed by atoms with Crippen LogP contribution in [0.2, 0.25) is 0 Å². The molecule has 1 amide bonds. The second-order valence-corrected chi connectivity index (χ2v) is 7.73. The first-order valence-corrected chi connectivity index (χ1v) is 10.2. The van der Waals surface area contributed by atoms with Gasteiger partial charge in [-0.15, -0.1) is 0 Å². The van der Waals surface area contributed by atoms with Gasteiger partial charge in [-0.25, -0.2) is 0 Å². The Bertz CT molecular complexity index is 1130. The molecule has 2 aliphatic rings. The van der Waals surface area contributed by atoms with Gasteiger partial charge in [-0.3, -0.25) is 4.79 Å². The maximum Gasteiger partial charge on any atom is 0.268 e. The predicted molar refractivity (Wildman–Crippen MR) is 115 cm³/mol. The van der Waals surface area contributed by atoms with Crippen molar-refractivity contribution in [2.45, 2.75) is 18.1 Å². The summed E-state index contributed by atoms with van der Waals surface area (Å²) in [6, 6.07) is 20.3. The third-order valence-electron chi connectivity index (χ3n) is 6.22. The lowest BCUT2D eigenvalue weighted by molar-refractivity contribution is -0.178. The molecule has 3 aromatic rings. The highest BCUT2D eigenvalue weighted by Gasteiger charge is 2.66. The Kier molecular flexibility index (Phi) is 4.50. The zero-order valence-corrected chi connectivity index (χ0v) is 17.4. The molecule has 2 aliphatic heterocycles. The van der Waals surface area contributed by atoms with Crippen LogP contribution in [0.5, 0.6) is 23.0 Å². The van der Waals surface area contributed by atoms with E-state index < -0.39 is 11.6 Å². The van der Waals surface area contributed by atoms with Crippen LogP contribution in [-0.4, -0.2) is 42.8 Å². The fourth-order valence-corrected chi connectivity index (χ4v) is 4.81. The van der Waals surface area contributed by atoms with E-state index in [1.807, 2.05) is 47.4 Å². The Labute approximate surface area is 180 Å². The van der Waals surface area contributed by atoms with E-state index in [4.69, 9.17) is 14.2 Å². The molecule has 0 saturated carbocycles. The third-order valence-corrected chi connectivity index (χ3v) is 6.22. The minimum absolute atomic E-state index is 0.0580. The summed E-state index contributed by atoms with van der Waals surface area (Å²) in [7, 11) is 3.23. The highest BCUT2D eigenvalue weighted by Crippen LogP contribution is 2.53. The molecule has 0 spiro atoms. The van der Waals surface area contributed by atoms with E-state index in [2.05, 4.69) is 0 Å². The first-order chi connectivity index (χ1) is 15.1. The number of nitrogens with zero attached hydrogens (tertiary/aromatic N) is 1. The largest absolute Gasteiger partial charge is 0.508 e. The number of β-lactam (4-membered cyclic amide) rings is 1. The van der Waals surface area contributed by atoms with Crippen LogP contribution in [-0.2, 0) is 16.8 Å². The number of carbonyl (C=O) groups is 1. The molecular weight excluding hydrogens is 394 g/mol. The smallest absolute Gasteiger partial charge is 0.268 e. The molecule has 1 fully saturated rings. The van der Waals surface area contributed by atoms with Crippen molar-refractivity contribution in [3.8, 4) is 23.0 Å². The number of hydrogen-bond donors (Lipinski definition) is 1. The number of benzene rings is 3. The Morgan fingerprint density at radius 3 is 2.32 bits per heavy atom. The van der Waals surface area contributed by atoms with Crippen LogP contribution in [0.25, 0.3) is 0 Å². The fraction of sp³-hybridized carbons (Fsp3) is 0.240. The highest BCUT2D eigenvalue weighted by molar-refractivity contribution is 5.94. The summed E-state index contributed by atoms with van der Waals surface area (Å²) < 4.78 is 17.4. The van der Waals surface area contributed by atoms with Crippen molar-refractivity contribution in [1.29, 1.82) is 0 Å². The first-order valence-electron chi connectivity index (χ1n) is 10.2. The second-order valence-electron chi connectivity index (χ2n) is 7.73. The first kappa shape index (κ1) is 19.3. The Morgan fingerprint density at radius 2 is 1.65 bits per heavy atom. The standard InChI is InChI=1S/C25H23NO5/c1-29-21-14-16-12-13-26-24(28)23(31-19-10-8-18(27)9-11-19)25(26,17-6-4-3-5-7-17)20(16)15-22(21)30-2/h3-11,14-15,23,27H,12-13H2,1-2H3/t23-,25+/m0/s1. The lowest BCUT2D eigenvalue weighted by atomic mass is 9.66. The molecule has 6 heteroatoms. The van der Waals surface area contributed by atoms with Gasteiger partial charge in [-0.2, -0.15) is 0 Å². The summed E-state index contributed by atoms with van der Waals surface area (Å²) in [5.74, 6) is 1.89. The minimum atomic E-state index is -0.774. The van der Waals surface area contributed by atoms with Crippen LogP contribution in [0, 0.1) is 0 Å². The number of rotatable bonds is 5. The maximum atomic E-state index is 13.2. The van der Waals surface area contributed by atoms with E-state index in [0.29, 0.717) is 23.8 Å². The van der Waals surface area contributed by atoms with Gasteiger partial charge in [0.2, 0.25) is 6.10 Å². The normalized spacial score (nSPS) is 21.5. The van der Waals surface area contributed by atoms with Crippen LogP contribution in [0.1, 0.15) is 16.7 Å². The number of carbonyl (C=O) groups excluding carboxylic acids is 1. The number of amides is 1. The van der Waals surface area contributed by atoms with Crippen LogP contribution < -0.4 is 14.2 Å². The van der Waals surface area contributed by atoms with Crippen molar-refractivity contribution in [2.24, 2.45) is 0 Å². The van der Waals surface area contributed by atoms with Crippen molar-refractivity contribution >= 4 is 5.91 Å². The SMILES string of the molecule is COc1cc2c(cc1OC)[C@]1(c3ccccc3)[C@@H](Oc3ccc(O)cc3)C(=O)N1CC2. The summed E-state index contributed by atoms with van der Waals surface area (Å²) in [5, 5.41) is 9.61. The molecule has 6 nitrogen and oxygen atoms in total. The number of aromatic hydroxyl groups is 1. The highest BCUT2D eigenvalue weighted by atomic mass is 16.5. The number of hydrogen-bond acceptors (Lipinski definition) is 5. The van der Waals surface area contributed by atoms with Crippen molar-refractivity contribution in [3.05, 3.63) is 83.4 Å². The number of phenolic OH excluding ortho intramolecular Hbond substituents is 1. The minimum Gasteiger partial charge on any atom is -0.508 e. The van der Waals surface area contributed by atoms with Crippen molar-refractivity contribution in [3.63, 3.8) is 0 Å². The van der Waals surface area contributed by atoms with Gasteiger partial charge in [0, 0.05) is 6.54 Å². The summed E-state index contributed by atoms with van der Waals surface area (Å²) in [6.45, 7) is 0.589. The zero-order chi connectivity index (χ0) is 21.6. The van der Waals surface area contributed by atoms with Gasteiger partial charge in [0.1, 0.15) is 17.0 Å². The Balaban J connectivity index is 1.70. The third kappa shape index (κ3) is 2.75. The monoisotopic (exact) mass is 417 g/mol. The van der Waals surface area contributed by atoms with Gasteiger partial charge in [-0.1, -0.05) is 30.3 Å². The summed E-state index contributed by atoms with van der Waals surface area (Å²) in [5.41, 5.74) is 2.28. The molecular formula is C25H23NO5. The Hall–Kier alpha value is -3.67. The molecule has 2 heterocycles. The van der Waals surface area contributed by atoms with E-state index in [0.717, 1.165) is 23.1 Å². The molecule has 0 aliphatic carbocycles. The predicted octanol–water partition coefficient (Wildman–Crippen LogP) is 3.50. The summed E-state index contributed by atoms with van der Waals surface area (Å²) in [4.78, 5) is 15.1. The van der Waals surface area contributed by atoms with Crippen molar-refractivity contribution in [2.75, 3.05) is 20.8 Å². The van der Waals surface area contributed by atoms with Crippen LogP contribution in [0.4, 0.5) is 0 Å². The van der Waals surface area contributed by atoms with Gasteiger partial charge in [0.25, 0.3) is 5.91 Å². The molecule has 158 valence electrons. The van der Waals surface area contributed by atoms with Gasteiger partial charge in [0.15, 0.2) is 11.5 Å². The number of methoxy groups -OCH3 is 2. The molecule has 5 rings (SSSR count). The molecule has 1 N–H and O–H groups in total. The lowest BCUT2D eigenvalue weighted by Gasteiger charge is -2.59. The Morgan fingerprint density at radius 1 is 0.968 bits per heavy atom. The van der Waals surface area contributed by atoms with E-state index in [1.54, 1.807) is 38.5 Å². The van der Waals surface area contributed by atoms with E-state index in [-0.39, 0.29) is 11.7 Å². The average molecular weight is 417 g/mol. The number of ether oxygens (including phenoxy) is 3. The van der Waals surface area contributed by atoms with Gasteiger partial charge in [0.05, 0.1) is 14.2 Å². The average Bonchev–Trinajstić information content (AvgIpc) is 2.82. The zero-order valence-electron chi connectivity index (χ0n) is 17.4. The van der Waals surface area contributed by atoms with Gasteiger partial charge >= 0.3 is 0 Å². The number of phenols is 1. The molecule has 31 heavy (non-hydrogen) atoms. The molecule has 0 unspecified atom stereocenters. The topological polar surface area (TPSA) is 68.2 Å². The van der Waals surface area contributed by atoms with Gasteiger partial charge < -0.3 is 24.2 Å². The second kappa shape index (κ2) is 7.23. The van der Waals surface area contributed by atoms with E-state index in [9.17, 15) is 9.90 Å². The fourth-order valence-electron chi connectivity index (χ4n) is 4.81. The van der Waals surface area contributed by atoms with Gasteiger partial charge in [-0.05, 0) is 59.5 Å².